The Balaban J connectivity index is 1.96. The molecule has 10 nitrogen and oxygen atoms in total. The normalized spacial score (nSPS) is 12.0. The van der Waals surface area contributed by atoms with Crippen LogP contribution in [0.15, 0.2) is 67.9 Å². The molecule has 0 bridgehead atoms. The number of thiophene rings is 1. The van der Waals surface area contributed by atoms with Gasteiger partial charge in [0.15, 0.2) is 5.96 Å². The summed E-state index contributed by atoms with van der Waals surface area (Å²) in [5, 5.41) is 16.6. The highest BCUT2D eigenvalue weighted by Gasteiger charge is 2.14. The molecule has 2 aromatic carbocycles. The Bertz CT molecular complexity index is 1270. The average Bonchev–Trinajstić information content (AvgIpc) is 3.14. The fraction of sp³-hybridized carbons (Fsp3) is 0.174. The van der Waals surface area contributed by atoms with E-state index in [0.29, 0.717) is 12.4 Å². The highest BCUT2D eigenvalue weighted by molar-refractivity contribution is 7.22. The monoisotopic (exact) mass is 476 g/mol. The highest BCUT2D eigenvalue weighted by atomic mass is 32.1. The molecule has 0 aliphatic heterocycles. The van der Waals surface area contributed by atoms with Gasteiger partial charge in [-0.15, -0.1) is 21.5 Å². The van der Waals surface area contributed by atoms with Crippen LogP contribution in [0.5, 0.6) is 0 Å². The van der Waals surface area contributed by atoms with Gasteiger partial charge < -0.3 is 28.7 Å². The summed E-state index contributed by atoms with van der Waals surface area (Å²) >= 11 is 1.72. The topological polar surface area (TPSA) is 192 Å². The van der Waals surface area contributed by atoms with Crippen molar-refractivity contribution in [2.75, 3.05) is 6.54 Å². The van der Waals surface area contributed by atoms with Crippen LogP contribution in [0, 0.1) is 0 Å². The van der Waals surface area contributed by atoms with Crippen molar-refractivity contribution < 1.29 is 0 Å². The van der Waals surface area contributed by atoms with E-state index in [1.807, 2.05) is 18.2 Å². The maximum atomic E-state index is 5.52. The SMILES string of the molecule is CC(N)=N/N=C/c1ccc(-c2sc3cc(/C=N/N=C(N)N)ccc3c2CCCN=C(N)N)cc1. The van der Waals surface area contributed by atoms with Crippen molar-refractivity contribution in [1.29, 1.82) is 0 Å². The molecule has 3 rings (SSSR count). The number of fused-ring (bicyclic) bond motifs is 1. The number of aliphatic imine (C=N–C) groups is 1. The molecule has 0 unspecified atom stereocenters. The van der Waals surface area contributed by atoms with E-state index < -0.39 is 0 Å². The van der Waals surface area contributed by atoms with Gasteiger partial charge in [-0.05, 0) is 53.5 Å². The summed E-state index contributed by atoms with van der Waals surface area (Å²) in [7, 11) is 0. The molecule has 0 amide bonds. The van der Waals surface area contributed by atoms with Crippen molar-refractivity contribution in [1.82, 2.24) is 0 Å². The van der Waals surface area contributed by atoms with Crippen molar-refractivity contribution in [2.45, 2.75) is 19.8 Å². The van der Waals surface area contributed by atoms with Crippen LogP contribution in [0.25, 0.3) is 20.5 Å². The smallest absolute Gasteiger partial charge is 0.211 e. The standard InChI is InChI=1S/C23H28N10S/c1-14(24)32-30-12-15-4-7-17(8-5-15)21-19(3-2-10-29-22(25)26)18-9-6-16(11-20(18)34-21)13-31-33-23(27)28/h4-9,11-13H,2-3,10H2,1H3,(H2,24,32)(H4,25,26,29)(H4,27,28,33)/b30-12+,31-13+. The molecule has 34 heavy (non-hydrogen) atoms. The van der Waals surface area contributed by atoms with E-state index in [0.717, 1.165) is 34.2 Å². The van der Waals surface area contributed by atoms with Crippen molar-refractivity contribution in [2.24, 2.45) is 54.1 Å². The molecule has 0 spiro atoms. The number of nitrogens with zero attached hydrogens (tertiary/aromatic N) is 5. The van der Waals surface area contributed by atoms with Gasteiger partial charge in [-0.2, -0.15) is 10.2 Å². The number of nitrogens with two attached hydrogens (primary N) is 5. The lowest BCUT2D eigenvalue weighted by atomic mass is 10.0. The summed E-state index contributed by atoms with van der Waals surface area (Å²) in [4.78, 5) is 5.30. The van der Waals surface area contributed by atoms with Gasteiger partial charge in [0.25, 0.3) is 0 Å². The van der Waals surface area contributed by atoms with Gasteiger partial charge in [0, 0.05) is 16.1 Å². The Morgan fingerprint density at radius 1 is 0.853 bits per heavy atom. The zero-order valence-corrected chi connectivity index (χ0v) is 19.7. The van der Waals surface area contributed by atoms with Gasteiger partial charge in [0.05, 0.1) is 12.4 Å². The summed E-state index contributed by atoms with van der Waals surface area (Å²) in [6.07, 6.45) is 4.95. The summed E-state index contributed by atoms with van der Waals surface area (Å²) in [5.41, 5.74) is 31.3. The lowest BCUT2D eigenvalue weighted by molar-refractivity contribution is 0.838. The van der Waals surface area contributed by atoms with E-state index >= 15 is 0 Å². The van der Waals surface area contributed by atoms with Crippen LogP contribution in [-0.2, 0) is 6.42 Å². The first kappa shape index (κ1) is 24.4. The molecular weight excluding hydrogens is 448 g/mol. The summed E-state index contributed by atoms with van der Waals surface area (Å²) < 4.78 is 1.14. The number of rotatable bonds is 9. The molecule has 11 heteroatoms. The van der Waals surface area contributed by atoms with Crippen LogP contribution in [0.2, 0.25) is 0 Å². The van der Waals surface area contributed by atoms with Crippen LogP contribution in [0.1, 0.15) is 30.0 Å². The first-order chi connectivity index (χ1) is 16.3. The van der Waals surface area contributed by atoms with Gasteiger partial charge in [-0.25, -0.2) is 0 Å². The molecule has 1 heterocycles. The Morgan fingerprint density at radius 2 is 1.53 bits per heavy atom. The molecule has 3 aromatic rings. The van der Waals surface area contributed by atoms with Gasteiger partial charge in [-0.3, -0.25) is 4.99 Å². The maximum Gasteiger partial charge on any atom is 0.211 e. The van der Waals surface area contributed by atoms with Crippen molar-refractivity contribution in [3.8, 4) is 10.4 Å². The van der Waals surface area contributed by atoms with E-state index in [2.05, 4.69) is 49.7 Å². The first-order valence-corrected chi connectivity index (χ1v) is 11.3. The minimum Gasteiger partial charge on any atom is -0.386 e. The zero-order valence-electron chi connectivity index (χ0n) is 18.8. The molecule has 0 radical (unpaired) electrons. The summed E-state index contributed by atoms with van der Waals surface area (Å²) in [6.45, 7) is 2.26. The van der Waals surface area contributed by atoms with E-state index in [4.69, 9.17) is 28.7 Å². The van der Waals surface area contributed by atoms with Crippen LogP contribution < -0.4 is 28.7 Å². The van der Waals surface area contributed by atoms with Gasteiger partial charge in [-0.1, -0.05) is 36.4 Å². The molecule has 0 saturated heterocycles. The van der Waals surface area contributed by atoms with Crippen LogP contribution >= 0.6 is 11.3 Å². The molecule has 176 valence electrons. The van der Waals surface area contributed by atoms with E-state index in [1.54, 1.807) is 30.7 Å². The number of hydrogen-bond donors (Lipinski definition) is 5. The predicted octanol–water partition coefficient (Wildman–Crippen LogP) is 2.09. The Kier molecular flexibility index (Phi) is 8.30. The van der Waals surface area contributed by atoms with E-state index in [1.165, 1.54) is 15.8 Å². The third kappa shape index (κ3) is 6.87. The minimum atomic E-state index is -0.0859. The first-order valence-electron chi connectivity index (χ1n) is 10.5. The molecular formula is C23H28N10S. The average molecular weight is 477 g/mol. The van der Waals surface area contributed by atoms with Crippen LogP contribution in [-0.4, -0.2) is 36.7 Å². The number of aryl methyl sites for hydroxylation is 1. The van der Waals surface area contributed by atoms with E-state index in [9.17, 15) is 0 Å². The Morgan fingerprint density at radius 3 is 2.21 bits per heavy atom. The molecule has 1 aromatic heterocycles. The Hall–Kier alpha value is -4.25. The lowest BCUT2D eigenvalue weighted by Crippen LogP contribution is -2.23. The molecule has 10 N–H and O–H groups in total. The summed E-state index contributed by atoms with van der Waals surface area (Å²) in [5.74, 6) is 0.426. The minimum absolute atomic E-state index is 0.0859. The molecule has 0 fully saturated rings. The molecule has 0 aliphatic carbocycles. The largest absolute Gasteiger partial charge is 0.386 e. The second kappa shape index (κ2) is 11.6. The number of benzene rings is 2. The van der Waals surface area contributed by atoms with Gasteiger partial charge in [0.1, 0.15) is 5.84 Å². The number of hydrogen-bond acceptors (Lipinski definition) is 6. The number of amidine groups is 1. The summed E-state index contributed by atoms with van der Waals surface area (Å²) in [6, 6.07) is 14.3. The van der Waals surface area contributed by atoms with E-state index in [-0.39, 0.29) is 11.9 Å². The Labute approximate surface area is 201 Å². The molecule has 0 atom stereocenters. The second-order valence-electron chi connectivity index (χ2n) is 7.45. The predicted molar refractivity (Wildman–Crippen MR) is 145 cm³/mol. The second-order valence-corrected chi connectivity index (χ2v) is 8.51. The number of guanidine groups is 2. The third-order valence-electron chi connectivity index (χ3n) is 4.67. The van der Waals surface area contributed by atoms with Crippen LogP contribution in [0.4, 0.5) is 0 Å². The fourth-order valence-corrected chi connectivity index (χ4v) is 4.57. The lowest BCUT2D eigenvalue weighted by Gasteiger charge is -2.05. The van der Waals surface area contributed by atoms with Crippen molar-refractivity contribution >= 4 is 51.6 Å². The third-order valence-corrected chi connectivity index (χ3v) is 5.92. The highest BCUT2D eigenvalue weighted by Crippen LogP contribution is 2.39. The quantitative estimate of drug-likeness (QED) is 0.136. The molecule has 0 aliphatic rings. The zero-order chi connectivity index (χ0) is 24.5. The van der Waals surface area contributed by atoms with Gasteiger partial charge in [0.2, 0.25) is 5.96 Å². The maximum absolute atomic E-state index is 5.52. The van der Waals surface area contributed by atoms with Gasteiger partial charge >= 0.3 is 0 Å². The van der Waals surface area contributed by atoms with Crippen molar-refractivity contribution in [3.63, 3.8) is 0 Å². The van der Waals surface area contributed by atoms with Crippen LogP contribution in [0.3, 0.4) is 0 Å². The molecule has 0 saturated carbocycles. The van der Waals surface area contributed by atoms with Crippen molar-refractivity contribution in [3.05, 3.63) is 59.2 Å². The fourth-order valence-electron chi connectivity index (χ4n) is 3.26.